The number of benzene rings is 1. The molecule has 2 aromatic heterocycles. The molecule has 0 saturated carbocycles. The highest BCUT2D eigenvalue weighted by Gasteiger charge is 2.46. The topological polar surface area (TPSA) is 98.5 Å². The lowest BCUT2D eigenvalue weighted by Crippen LogP contribution is -2.53. The molecule has 2 saturated heterocycles. The van der Waals surface area contributed by atoms with Crippen molar-refractivity contribution in [2.75, 3.05) is 18.6 Å². The molecule has 2 aliphatic heterocycles. The Balaban J connectivity index is 1.30. The Morgan fingerprint density at radius 1 is 1.07 bits per heavy atom. The van der Waals surface area contributed by atoms with E-state index in [4.69, 9.17) is 9.47 Å². The van der Waals surface area contributed by atoms with Gasteiger partial charge in [-0.15, -0.1) is 15.3 Å². The molecule has 0 spiro atoms. The SMILES string of the molecule is CN(c1ccc(-c2ccc(Br)c3nnn(COCC[Si](C)(C)C)c23)nn1)C1CC2CCC(C1)N2C(=O)OC(C)(C)C. The maximum Gasteiger partial charge on any atom is 0.410 e. The second-order valence-electron chi connectivity index (χ2n) is 13.5. The highest BCUT2D eigenvalue weighted by Crippen LogP contribution is 2.39. The second-order valence-corrected chi connectivity index (χ2v) is 20.0. The average molecular weight is 645 g/mol. The number of halogens is 1. The largest absolute Gasteiger partial charge is 0.444 e. The van der Waals surface area contributed by atoms with E-state index in [2.05, 4.69) is 68.0 Å². The van der Waals surface area contributed by atoms with Gasteiger partial charge in [0.2, 0.25) is 0 Å². The Labute approximate surface area is 251 Å². The predicted octanol–water partition coefficient (Wildman–Crippen LogP) is 6.33. The number of rotatable bonds is 8. The van der Waals surface area contributed by atoms with E-state index >= 15 is 0 Å². The molecule has 0 N–H and O–H groups in total. The first kappa shape index (κ1) is 29.9. The molecule has 2 unspecified atom stereocenters. The molecule has 10 nitrogen and oxygen atoms in total. The monoisotopic (exact) mass is 643 g/mol. The average Bonchev–Trinajstić information content (AvgIpc) is 3.44. The van der Waals surface area contributed by atoms with Gasteiger partial charge >= 0.3 is 6.09 Å². The molecule has 222 valence electrons. The summed E-state index contributed by atoms with van der Waals surface area (Å²) in [5.74, 6) is 0.818. The lowest BCUT2D eigenvalue weighted by molar-refractivity contribution is 0.00596. The van der Waals surface area contributed by atoms with Gasteiger partial charge in [-0.1, -0.05) is 24.9 Å². The molecule has 12 heteroatoms. The lowest BCUT2D eigenvalue weighted by atomic mass is 9.96. The first-order valence-corrected chi connectivity index (χ1v) is 19.0. The Hall–Kier alpha value is -2.57. The van der Waals surface area contributed by atoms with Gasteiger partial charge in [-0.3, -0.25) is 0 Å². The van der Waals surface area contributed by atoms with Crippen LogP contribution in [0.25, 0.3) is 22.3 Å². The first-order valence-electron chi connectivity index (χ1n) is 14.5. The summed E-state index contributed by atoms with van der Waals surface area (Å²) < 4.78 is 14.4. The Morgan fingerprint density at radius 3 is 2.39 bits per heavy atom. The molecule has 5 rings (SSSR count). The summed E-state index contributed by atoms with van der Waals surface area (Å²) >= 11 is 3.62. The van der Waals surface area contributed by atoms with Crippen molar-refractivity contribution >= 4 is 46.9 Å². The van der Waals surface area contributed by atoms with Gasteiger partial charge in [-0.2, -0.15) is 0 Å². The van der Waals surface area contributed by atoms with Crippen LogP contribution >= 0.6 is 15.9 Å². The summed E-state index contributed by atoms with van der Waals surface area (Å²) in [6, 6.07) is 9.79. The normalized spacial score (nSPS) is 21.0. The van der Waals surface area contributed by atoms with Crippen LogP contribution in [0.4, 0.5) is 10.6 Å². The number of hydrogen-bond acceptors (Lipinski definition) is 8. The third kappa shape index (κ3) is 6.75. The van der Waals surface area contributed by atoms with Gasteiger partial charge in [-0.05, 0) is 92.7 Å². The maximum atomic E-state index is 12.9. The molecule has 0 aliphatic carbocycles. The van der Waals surface area contributed by atoms with Crippen LogP contribution in [0, 0.1) is 0 Å². The molecule has 3 aromatic rings. The van der Waals surface area contributed by atoms with Crippen LogP contribution < -0.4 is 4.90 Å². The van der Waals surface area contributed by atoms with Gasteiger partial charge in [0.15, 0.2) is 5.82 Å². The van der Waals surface area contributed by atoms with Crippen LogP contribution in [-0.4, -0.2) is 81.6 Å². The minimum absolute atomic E-state index is 0.189. The van der Waals surface area contributed by atoms with Crippen molar-refractivity contribution in [3.05, 3.63) is 28.7 Å². The van der Waals surface area contributed by atoms with Gasteiger partial charge in [0.1, 0.15) is 23.4 Å². The van der Waals surface area contributed by atoms with Crippen molar-refractivity contribution in [1.82, 2.24) is 30.1 Å². The van der Waals surface area contributed by atoms with Crippen LogP contribution in [0.5, 0.6) is 0 Å². The lowest BCUT2D eigenvalue weighted by Gasteiger charge is -2.42. The van der Waals surface area contributed by atoms with Crippen molar-refractivity contribution in [3.63, 3.8) is 0 Å². The molecule has 1 amide bonds. The second kappa shape index (κ2) is 11.6. The Kier molecular flexibility index (Phi) is 8.46. The van der Waals surface area contributed by atoms with Gasteiger partial charge in [0.05, 0.1) is 5.69 Å². The van der Waals surface area contributed by atoms with Crippen LogP contribution in [0.15, 0.2) is 28.7 Å². The number of ether oxygens (including phenoxy) is 2. The van der Waals surface area contributed by atoms with E-state index in [-0.39, 0.29) is 24.2 Å². The van der Waals surface area contributed by atoms with Gasteiger partial charge in [0.25, 0.3) is 0 Å². The third-order valence-electron chi connectivity index (χ3n) is 7.97. The number of hydrogen-bond donors (Lipinski definition) is 0. The number of anilines is 1. The minimum atomic E-state index is -1.18. The molecule has 0 radical (unpaired) electrons. The summed E-state index contributed by atoms with van der Waals surface area (Å²) in [6.45, 7) is 13.8. The van der Waals surface area contributed by atoms with E-state index in [1.54, 1.807) is 4.68 Å². The van der Waals surface area contributed by atoms with Crippen molar-refractivity contribution < 1.29 is 14.3 Å². The molecular weight excluding hydrogens is 602 g/mol. The number of piperidine rings is 1. The first-order chi connectivity index (χ1) is 19.3. The molecule has 2 bridgehead atoms. The number of carbonyl (C=O) groups is 1. The number of fused-ring (bicyclic) bond motifs is 3. The standard InChI is InChI=1S/C29H42BrN7O3Si/c1-29(2,3)40-28(38)37-19-8-9-20(37)17-21(16-19)35(4)25-13-12-24(31-32-25)22-10-11-23(30)26-27(22)36(34-33-26)18-39-14-15-41(5,6)7/h10-13,19-21H,8-9,14-18H2,1-7H3. The number of carbonyl (C=O) groups excluding carboxylic acids is 1. The van der Waals surface area contributed by atoms with Crippen LogP contribution in [-0.2, 0) is 16.2 Å². The molecular formula is C29H42BrN7O3Si. The third-order valence-corrected chi connectivity index (χ3v) is 10.3. The number of aromatic nitrogens is 5. The number of nitrogens with zero attached hydrogens (tertiary/aromatic N) is 7. The van der Waals surface area contributed by atoms with E-state index in [0.29, 0.717) is 13.3 Å². The highest BCUT2D eigenvalue weighted by molar-refractivity contribution is 9.10. The fraction of sp³-hybridized carbons (Fsp3) is 0.621. The zero-order valence-corrected chi connectivity index (χ0v) is 27.8. The van der Waals surface area contributed by atoms with Crippen molar-refractivity contribution in [2.24, 2.45) is 0 Å². The Bertz CT molecular complexity index is 1370. The maximum absolute atomic E-state index is 12.9. The van der Waals surface area contributed by atoms with E-state index in [9.17, 15) is 4.79 Å². The smallest absolute Gasteiger partial charge is 0.410 e. The fourth-order valence-electron chi connectivity index (χ4n) is 5.80. The van der Waals surface area contributed by atoms with Crippen LogP contribution in [0.2, 0.25) is 25.7 Å². The quantitative estimate of drug-likeness (QED) is 0.207. The number of amides is 1. The molecule has 2 fully saturated rings. The molecule has 2 aliphatic rings. The molecule has 2 atom stereocenters. The fourth-order valence-corrected chi connectivity index (χ4v) is 6.96. The summed E-state index contributed by atoms with van der Waals surface area (Å²) in [4.78, 5) is 17.1. The summed E-state index contributed by atoms with van der Waals surface area (Å²) in [5.41, 5.74) is 2.81. The Morgan fingerprint density at radius 2 is 1.78 bits per heavy atom. The van der Waals surface area contributed by atoms with Crippen LogP contribution in [0.3, 0.4) is 0 Å². The van der Waals surface area contributed by atoms with E-state index in [1.807, 2.05) is 49.9 Å². The van der Waals surface area contributed by atoms with Crippen molar-refractivity contribution in [1.29, 1.82) is 0 Å². The van der Waals surface area contributed by atoms with E-state index in [1.165, 1.54) is 0 Å². The van der Waals surface area contributed by atoms with Crippen molar-refractivity contribution in [2.45, 2.75) is 103 Å². The van der Waals surface area contributed by atoms with Crippen LogP contribution in [0.1, 0.15) is 46.5 Å². The van der Waals surface area contributed by atoms with E-state index in [0.717, 1.165) is 64.3 Å². The minimum Gasteiger partial charge on any atom is -0.444 e. The zero-order chi connectivity index (χ0) is 29.5. The van der Waals surface area contributed by atoms with Gasteiger partial charge < -0.3 is 19.3 Å². The van der Waals surface area contributed by atoms with E-state index < -0.39 is 13.7 Å². The molecule has 41 heavy (non-hydrogen) atoms. The zero-order valence-electron chi connectivity index (χ0n) is 25.2. The summed E-state index contributed by atoms with van der Waals surface area (Å²) in [6.07, 6.45) is 3.63. The summed E-state index contributed by atoms with van der Waals surface area (Å²) in [7, 11) is 0.897. The summed E-state index contributed by atoms with van der Waals surface area (Å²) in [5, 5.41) is 18.0. The van der Waals surface area contributed by atoms with Gasteiger partial charge in [-0.25, -0.2) is 9.48 Å². The predicted molar refractivity (Wildman–Crippen MR) is 167 cm³/mol. The van der Waals surface area contributed by atoms with Crippen molar-refractivity contribution in [3.8, 4) is 11.3 Å². The highest BCUT2D eigenvalue weighted by atomic mass is 79.9. The molecule has 1 aromatic carbocycles. The molecule has 4 heterocycles. The van der Waals surface area contributed by atoms with Gasteiger partial charge in [0, 0.05) is 49.9 Å².